The Morgan fingerprint density at radius 1 is 1.36 bits per heavy atom. The minimum absolute atomic E-state index is 0.0173. The van der Waals surface area contributed by atoms with Crippen LogP contribution in [-0.4, -0.2) is 48.1 Å². The van der Waals surface area contributed by atoms with Crippen molar-refractivity contribution in [3.63, 3.8) is 0 Å². The van der Waals surface area contributed by atoms with Gasteiger partial charge in [0.15, 0.2) is 0 Å². The third kappa shape index (κ3) is 3.63. The molecule has 1 aromatic rings. The molecule has 0 spiro atoms. The molecule has 22 heavy (non-hydrogen) atoms. The van der Waals surface area contributed by atoms with E-state index in [0.29, 0.717) is 32.5 Å². The summed E-state index contributed by atoms with van der Waals surface area (Å²) < 4.78 is 37.6. The number of hydrogen-bond acceptors (Lipinski definition) is 3. The first-order valence-electron chi connectivity index (χ1n) is 7.55. The van der Waals surface area contributed by atoms with Gasteiger partial charge in [-0.05, 0) is 42.8 Å². The van der Waals surface area contributed by atoms with Gasteiger partial charge in [0.05, 0.1) is 12.5 Å². The maximum absolute atomic E-state index is 12.6. The highest BCUT2D eigenvalue weighted by atomic mass is 32.1. The highest BCUT2D eigenvalue weighted by Crippen LogP contribution is 2.28. The van der Waals surface area contributed by atoms with Gasteiger partial charge in [0.1, 0.15) is 0 Å². The number of rotatable bonds is 2. The molecule has 122 valence electrons. The van der Waals surface area contributed by atoms with Gasteiger partial charge >= 0.3 is 6.18 Å². The summed E-state index contributed by atoms with van der Waals surface area (Å²) in [5.41, 5.74) is 1.19. The molecule has 2 aliphatic rings. The maximum atomic E-state index is 12.6. The summed E-state index contributed by atoms with van der Waals surface area (Å²) in [6, 6.07) is 2.04. The Hall–Kier alpha value is -1.08. The van der Waals surface area contributed by atoms with Crippen molar-refractivity contribution >= 4 is 17.2 Å². The first-order chi connectivity index (χ1) is 10.4. The number of piperidine rings is 1. The quantitative estimate of drug-likeness (QED) is 0.831. The lowest BCUT2D eigenvalue weighted by Gasteiger charge is -2.36. The van der Waals surface area contributed by atoms with Crippen LogP contribution in [0.1, 0.15) is 23.3 Å². The molecule has 2 aliphatic heterocycles. The van der Waals surface area contributed by atoms with Crippen LogP contribution >= 0.6 is 11.3 Å². The standard InChI is InChI=1S/C15H19F3N2OS/c16-15(17,18)10-19-5-1-2-12(8-19)14(21)20-6-3-13-11(9-20)4-7-22-13/h4,7,12H,1-3,5-6,8-10H2. The topological polar surface area (TPSA) is 23.6 Å². The van der Waals surface area contributed by atoms with Crippen LogP contribution in [-0.2, 0) is 17.8 Å². The molecule has 1 unspecified atom stereocenters. The highest BCUT2D eigenvalue weighted by Gasteiger charge is 2.36. The molecule has 7 heteroatoms. The number of carbonyl (C=O) groups is 1. The van der Waals surface area contributed by atoms with Gasteiger partial charge in [-0.15, -0.1) is 11.3 Å². The minimum Gasteiger partial charge on any atom is -0.338 e. The van der Waals surface area contributed by atoms with Crippen LogP contribution in [0, 0.1) is 5.92 Å². The molecule has 0 aliphatic carbocycles. The number of fused-ring (bicyclic) bond motifs is 1. The molecule has 1 aromatic heterocycles. The van der Waals surface area contributed by atoms with Crippen molar-refractivity contribution in [2.45, 2.75) is 32.0 Å². The molecular weight excluding hydrogens is 313 g/mol. The molecule has 1 amide bonds. The van der Waals surface area contributed by atoms with Crippen LogP contribution in [0.2, 0.25) is 0 Å². The molecule has 0 bridgehead atoms. The SMILES string of the molecule is O=C(C1CCCN(CC(F)(F)F)C1)N1CCc2sccc2C1. The molecular formula is C15H19F3N2OS. The van der Waals surface area contributed by atoms with E-state index in [-0.39, 0.29) is 18.4 Å². The largest absolute Gasteiger partial charge is 0.401 e. The van der Waals surface area contributed by atoms with Crippen LogP contribution in [0.3, 0.4) is 0 Å². The third-order valence-corrected chi connectivity index (χ3v) is 5.40. The predicted molar refractivity (Wildman–Crippen MR) is 78.7 cm³/mol. The molecule has 0 saturated carbocycles. The van der Waals surface area contributed by atoms with E-state index in [1.54, 1.807) is 11.3 Å². The van der Waals surface area contributed by atoms with Crippen LogP contribution in [0.25, 0.3) is 0 Å². The van der Waals surface area contributed by atoms with Crippen LogP contribution in [0.5, 0.6) is 0 Å². The summed E-state index contributed by atoms with van der Waals surface area (Å²) in [6.07, 6.45) is -1.98. The fourth-order valence-corrected chi connectivity index (χ4v) is 4.24. The Morgan fingerprint density at radius 2 is 2.18 bits per heavy atom. The molecule has 1 fully saturated rings. The number of alkyl halides is 3. The average Bonchev–Trinajstić information content (AvgIpc) is 2.92. The molecule has 3 nitrogen and oxygen atoms in total. The fourth-order valence-electron chi connectivity index (χ4n) is 3.35. The van der Waals surface area contributed by atoms with Crippen LogP contribution in [0.4, 0.5) is 13.2 Å². The Kier molecular flexibility index (Phi) is 4.45. The normalized spacial score (nSPS) is 23.4. The van der Waals surface area contributed by atoms with E-state index in [1.165, 1.54) is 15.3 Å². The van der Waals surface area contributed by atoms with Crippen molar-refractivity contribution in [2.24, 2.45) is 5.92 Å². The van der Waals surface area contributed by atoms with E-state index in [2.05, 4.69) is 0 Å². The summed E-state index contributed by atoms with van der Waals surface area (Å²) in [5.74, 6) is -0.278. The second kappa shape index (κ2) is 6.20. The lowest BCUT2D eigenvalue weighted by Crippen LogP contribution is -2.48. The van der Waals surface area contributed by atoms with Crippen LogP contribution in [0.15, 0.2) is 11.4 Å². The summed E-state index contributed by atoms with van der Waals surface area (Å²) in [7, 11) is 0. The van der Waals surface area contributed by atoms with Crippen molar-refractivity contribution in [3.05, 3.63) is 21.9 Å². The first-order valence-corrected chi connectivity index (χ1v) is 8.43. The molecule has 3 heterocycles. The number of amides is 1. The zero-order valence-corrected chi connectivity index (χ0v) is 13.1. The number of carbonyl (C=O) groups excluding carboxylic acids is 1. The molecule has 0 radical (unpaired) electrons. The number of nitrogens with zero attached hydrogens (tertiary/aromatic N) is 2. The Labute approximate surface area is 131 Å². The van der Waals surface area contributed by atoms with Crippen molar-refractivity contribution in [2.75, 3.05) is 26.2 Å². The van der Waals surface area contributed by atoms with Crippen LogP contribution < -0.4 is 0 Å². The van der Waals surface area contributed by atoms with Gasteiger partial charge in [0, 0.05) is 24.5 Å². The molecule has 0 aromatic carbocycles. The highest BCUT2D eigenvalue weighted by molar-refractivity contribution is 7.10. The lowest BCUT2D eigenvalue weighted by molar-refractivity contribution is -0.154. The average molecular weight is 332 g/mol. The van der Waals surface area contributed by atoms with E-state index in [0.717, 1.165) is 6.42 Å². The smallest absolute Gasteiger partial charge is 0.338 e. The maximum Gasteiger partial charge on any atom is 0.401 e. The Bertz CT molecular complexity index is 543. The summed E-state index contributed by atoms with van der Waals surface area (Å²) in [6.45, 7) is 1.03. The molecule has 1 saturated heterocycles. The van der Waals surface area contributed by atoms with Gasteiger partial charge < -0.3 is 4.90 Å². The minimum atomic E-state index is -4.19. The van der Waals surface area contributed by atoms with Crippen molar-refractivity contribution in [3.8, 4) is 0 Å². The number of halogens is 3. The lowest BCUT2D eigenvalue weighted by atomic mass is 9.95. The van der Waals surface area contributed by atoms with E-state index in [9.17, 15) is 18.0 Å². The number of hydrogen-bond donors (Lipinski definition) is 0. The van der Waals surface area contributed by atoms with Gasteiger partial charge in [0.2, 0.25) is 5.91 Å². The van der Waals surface area contributed by atoms with E-state index < -0.39 is 12.7 Å². The molecule has 1 atom stereocenters. The number of thiophene rings is 1. The predicted octanol–water partition coefficient (Wildman–Crippen LogP) is 2.91. The van der Waals surface area contributed by atoms with Crippen molar-refractivity contribution in [1.82, 2.24) is 9.80 Å². The third-order valence-electron chi connectivity index (χ3n) is 4.38. The fraction of sp³-hybridized carbons (Fsp3) is 0.667. The molecule has 3 rings (SSSR count). The summed E-state index contributed by atoms with van der Waals surface area (Å²) >= 11 is 1.71. The van der Waals surface area contributed by atoms with Crippen molar-refractivity contribution < 1.29 is 18.0 Å². The monoisotopic (exact) mass is 332 g/mol. The molecule has 0 N–H and O–H groups in total. The van der Waals surface area contributed by atoms with Gasteiger partial charge in [-0.25, -0.2) is 0 Å². The first kappa shape index (κ1) is 15.8. The van der Waals surface area contributed by atoms with Gasteiger partial charge in [0.25, 0.3) is 0 Å². The van der Waals surface area contributed by atoms with E-state index >= 15 is 0 Å². The Morgan fingerprint density at radius 3 is 2.95 bits per heavy atom. The van der Waals surface area contributed by atoms with Gasteiger partial charge in [-0.1, -0.05) is 0 Å². The summed E-state index contributed by atoms with van der Waals surface area (Å²) in [4.78, 5) is 17.1. The summed E-state index contributed by atoms with van der Waals surface area (Å²) in [5, 5.41) is 2.03. The van der Waals surface area contributed by atoms with E-state index in [1.807, 2.05) is 16.3 Å². The zero-order valence-electron chi connectivity index (χ0n) is 12.2. The van der Waals surface area contributed by atoms with Crippen molar-refractivity contribution in [1.29, 1.82) is 0 Å². The number of likely N-dealkylation sites (tertiary alicyclic amines) is 1. The zero-order chi connectivity index (χ0) is 15.7. The van der Waals surface area contributed by atoms with Gasteiger partial charge in [-0.2, -0.15) is 13.2 Å². The second-order valence-electron chi connectivity index (χ2n) is 6.07. The van der Waals surface area contributed by atoms with E-state index in [4.69, 9.17) is 0 Å². The second-order valence-corrected chi connectivity index (χ2v) is 7.07. The van der Waals surface area contributed by atoms with Gasteiger partial charge in [-0.3, -0.25) is 9.69 Å². The Balaban J connectivity index is 1.60.